The highest BCUT2D eigenvalue weighted by molar-refractivity contribution is 7.80. The Morgan fingerprint density at radius 3 is 2.52 bits per heavy atom. The van der Waals surface area contributed by atoms with Crippen LogP contribution in [0.3, 0.4) is 0 Å². The van der Waals surface area contributed by atoms with Gasteiger partial charge < -0.3 is 11.1 Å². The molecule has 21 heavy (non-hydrogen) atoms. The maximum atomic E-state index is 12.7. The lowest BCUT2D eigenvalue weighted by molar-refractivity contribution is -0.137. The number of carbonyl (C=O) groups is 1. The Labute approximate surface area is 127 Å². The molecule has 0 fully saturated rings. The lowest BCUT2D eigenvalue weighted by Crippen LogP contribution is -2.18. The first-order valence-corrected chi connectivity index (χ1v) is 6.99. The number of benzene rings is 1. The van der Waals surface area contributed by atoms with Crippen molar-refractivity contribution in [3.63, 3.8) is 0 Å². The topological polar surface area (TPSA) is 55.1 Å². The van der Waals surface area contributed by atoms with Crippen molar-refractivity contribution >= 4 is 40.1 Å². The number of hydrogen-bond donors (Lipinski definition) is 2. The van der Waals surface area contributed by atoms with E-state index in [9.17, 15) is 18.0 Å². The fourth-order valence-corrected chi connectivity index (χ4v) is 2.43. The highest BCUT2D eigenvalue weighted by Crippen LogP contribution is 2.32. The number of halogens is 3. The van der Waals surface area contributed by atoms with Crippen LogP contribution in [0.5, 0.6) is 0 Å². The molecule has 0 atom stereocenters. The standard InChI is InChI=1S/C13H9F3N2OS2/c14-13(15,16)8-1-2-10(9(5-8)11(17)20)18-12(19)7-3-4-21-6-7/h1-6H,(H2,17,20)(H,18,19). The fourth-order valence-electron chi connectivity index (χ4n) is 1.62. The second-order valence-corrected chi connectivity index (χ2v) is 5.31. The van der Waals surface area contributed by atoms with Crippen LogP contribution in [0.15, 0.2) is 35.0 Å². The first kappa shape index (κ1) is 15.5. The van der Waals surface area contributed by atoms with Crippen LogP contribution in [-0.2, 0) is 6.18 Å². The second kappa shape index (κ2) is 5.82. The average molecular weight is 330 g/mol. The van der Waals surface area contributed by atoms with Crippen molar-refractivity contribution in [2.75, 3.05) is 5.32 Å². The minimum absolute atomic E-state index is 0.0246. The van der Waals surface area contributed by atoms with Crippen LogP contribution in [0.1, 0.15) is 21.5 Å². The van der Waals surface area contributed by atoms with Gasteiger partial charge in [-0.2, -0.15) is 24.5 Å². The first-order chi connectivity index (χ1) is 9.79. The van der Waals surface area contributed by atoms with Crippen molar-refractivity contribution in [2.24, 2.45) is 5.73 Å². The summed E-state index contributed by atoms with van der Waals surface area (Å²) < 4.78 is 38.0. The molecule has 1 heterocycles. The van der Waals surface area contributed by atoms with Crippen LogP contribution < -0.4 is 11.1 Å². The largest absolute Gasteiger partial charge is 0.416 e. The number of amides is 1. The van der Waals surface area contributed by atoms with E-state index >= 15 is 0 Å². The van der Waals surface area contributed by atoms with Crippen LogP contribution in [-0.4, -0.2) is 10.9 Å². The summed E-state index contributed by atoms with van der Waals surface area (Å²) in [5, 5.41) is 5.85. The molecular weight excluding hydrogens is 321 g/mol. The number of carbonyl (C=O) groups excluding carboxylic acids is 1. The van der Waals surface area contributed by atoms with E-state index in [2.05, 4.69) is 5.32 Å². The summed E-state index contributed by atoms with van der Waals surface area (Å²) in [6.45, 7) is 0. The summed E-state index contributed by atoms with van der Waals surface area (Å²) in [6, 6.07) is 4.43. The Morgan fingerprint density at radius 1 is 1.29 bits per heavy atom. The smallest absolute Gasteiger partial charge is 0.389 e. The molecular formula is C13H9F3N2OS2. The van der Waals surface area contributed by atoms with Crippen LogP contribution in [0.4, 0.5) is 18.9 Å². The molecule has 1 amide bonds. The van der Waals surface area contributed by atoms with Gasteiger partial charge in [0.2, 0.25) is 0 Å². The number of nitrogens with two attached hydrogens (primary N) is 1. The molecule has 0 saturated carbocycles. The Morgan fingerprint density at radius 2 is 2.00 bits per heavy atom. The number of anilines is 1. The molecule has 0 unspecified atom stereocenters. The van der Waals surface area contributed by atoms with E-state index in [-0.39, 0.29) is 16.2 Å². The normalized spacial score (nSPS) is 11.2. The van der Waals surface area contributed by atoms with Gasteiger partial charge in [0.1, 0.15) is 4.99 Å². The van der Waals surface area contributed by atoms with Gasteiger partial charge in [-0.3, -0.25) is 4.79 Å². The van der Waals surface area contributed by atoms with Gasteiger partial charge in [0, 0.05) is 10.9 Å². The molecule has 8 heteroatoms. The molecule has 0 bridgehead atoms. The average Bonchev–Trinajstić information content (AvgIpc) is 2.91. The second-order valence-electron chi connectivity index (χ2n) is 4.09. The third kappa shape index (κ3) is 3.59. The van der Waals surface area contributed by atoms with Crippen LogP contribution in [0.25, 0.3) is 0 Å². The predicted molar refractivity (Wildman–Crippen MR) is 79.6 cm³/mol. The molecule has 0 aliphatic rings. The first-order valence-electron chi connectivity index (χ1n) is 5.63. The fraction of sp³-hybridized carbons (Fsp3) is 0.0769. The van der Waals surface area contributed by atoms with E-state index in [0.29, 0.717) is 5.56 Å². The van der Waals surface area contributed by atoms with Crippen LogP contribution in [0, 0.1) is 0 Å². The van der Waals surface area contributed by atoms with E-state index in [1.807, 2.05) is 0 Å². The van der Waals surface area contributed by atoms with Crippen molar-refractivity contribution in [2.45, 2.75) is 6.18 Å². The van der Waals surface area contributed by atoms with Crippen molar-refractivity contribution in [1.29, 1.82) is 0 Å². The molecule has 0 aliphatic carbocycles. The Balaban J connectivity index is 2.35. The van der Waals surface area contributed by atoms with E-state index < -0.39 is 17.6 Å². The van der Waals surface area contributed by atoms with Gasteiger partial charge >= 0.3 is 6.18 Å². The Kier molecular flexibility index (Phi) is 4.29. The third-order valence-electron chi connectivity index (χ3n) is 2.64. The lowest BCUT2D eigenvalue weighted by atomic mass is 10.1. The number of rotatable bonds is 3. The molecule has 0 saturated heterocycles. The summed E-state index contributed by atoms with van der Waals surface area (Å²) in [5.41, 5.74) is 5.09. The number of thiophene rings is 1. The molecule has 1 aromatic heterocycles. The highest BCUT2D eigenvalue weighted by Gasteiger charge is 2.31. The maximum absolute atomic E-state index is 12.7. The van der Waals surface area contributed by atoms with Gasteiger partial charge in [0.15, 0.2) is 0 Å². The third-order valence-corrected chi connectivity index (χ3v) is 3.55. The number of alkyl halides is 3. The SMILES string of the molecule is NC(=S)c1cc(C(F)(F)F)ccc1NC(=O)c1ccsc1. The molecule has 2 aromatic rings. The van der Waals surface area contributed by atoms with Crippen LogP contribution >= 0.6 is 23.6 Å². The van der Waals surface area contributed by atoms with Crippen molar-refractivity contribution in [1.82, 2.24) is 0 Å². The Hall–Kier alpha value is -1.93. The summed E-state index contributed by atoms with van der Waals surface area (Å²) in [7, 11) is 0. The maximum Gasteiger partial charge on any atom is 0.416 e. The van der Waals surface area contributed by atoms with Gasteiger partial charge in [0.25, 0.3) is 5.91 Å². The van der Waals surface area contributed by atoms with E-state index in [1.54, 1.807) is 16.8 Å². The molecule has 2 rings (SSSR count). The van der Waals surface area contributed by atoms with Crippen molar-refractivity contribution < 1.29 is 18.0 Å². The van der Waals surface area contributed by atoms with Gasteiger partial charge in [-0.25, -0.2) is 0 Å². The van der Waals surface area contributed by atoms with E-state index in [0.717, 1.165) is 18.2 Å². The lowest BCUT2D eigenvalue weighted by Gasteiger charge is -2.13. The monoisotopic (exact) mass is 330 g/mol. The molecule has 0 radical (unpaired) electrons. The van der Waals surface area contributed by atoms with Gasteiger partial charge in [-0.15, -0.1) is 0 Å². The van der Waals surface area contributed by atoms with Gasteiger partial charge in [-0.1, -0.05) is 12.2 Å². The molecule has 110 valence electrons. The van der Waals surface area contributed by atoms with Gasteiger partial charge in [0.05, 0.1) is 16.8 Å². The zero-order valence-corrected chi connectivity index (χ0v) is 12.0. The zero-order chi connectivity index (χ0) is 15.6. The molecule has 3 N–H and O–H groups in total. The molecule has 0 spiro atoms. The summed E-state index contributed by atoms with van der Waals surface area (Å²) in [5.74, 6) is -0.437. The quantitative estimate of drug-likeness (QED) is 0.845. The minimum atomic E-state index is -4.50. The van der Waals surface area contributed by atoms with Crippen molar-refractivity contribution in [3.05, 3.63) is 51.7 Å². The zero-order valence-electron chi connectivity index (χ0n) is 10.4. The Bertz CT molecular complexity index is 681. The van der Waals surface area contributed by atoms with E-state index in [4.69, 9.17) is 18.0 Å². The number of thiocarbonyl (C=S) groups is 1. The van der Waals surface area contributed by atoms with E-state index in [1.165, 1.54) is 11.3 Å². The molecule has 1 aromatic carbocycles. The summed E-state index contributed by atoms with van der Waals surface area (Å²) in [4.78, 5) is 11.7. The summed E-state index contributed by atoms with van der Waals surface area (Å²) in [6.07, 6.45) is -4.50. The summed E-state index contributed by atoms with van der Waals surface area (Å²) >= 11 is 6.08. The molecule has 3 nitrogen and oxygen atoms in total. The predicted octanol–water partition coefficient (Wildman–Crippen LogP) is 3.65. The van der Waals surface area contributed by atoms with Crippen molar-refractivity contribution in [3.8, 4) is 0 Å². The highest BCUT2D eigenvalue weighted by atomic mass is 32.1. The van der Waals surface area contributed by atoms with Crippen LogP contribution in [0.2, 0.25) is 0 Å². The molecule has 0 aliphatic heterocycles. The van der Waals surface area contributed by atoms with Gasteiger partial charge in [-0.05, 0) is 29.6 Å². The minimum Gasteiger partial charge on any atom is -0.389 e. The number of nitrogens with one attached hydrogen (secondary N) is 1. The number of hydrogen-bond acceptors (Lipinski definition) is 3.